The van der Waals surface area contributed by atoms with Crippen LogP contribution in [0.2, 0.25) is 0 Å². The average Bonchev–Trinajstić information content (AvgIpc) is 2.15. The Kier molecular flexibility index (Phi) is 6.70. The third-order valence-corrected chi connectivity index (χ3v) is 1.16. The largest absolute Gasteiger partial charge is 0.466 e. The van der Waals surface area contributed by atoms with Crippen LogP contribution in [0.4, 0.5) is 0 Å². The van der Waals surface area contributed by atoms with Crippen LogP contribution in [0.25, 0.3) is 0 Å². The van der Waals surface area contributed by atoms with E-state index in [4.69, 9.17) is 4.74 Å². The molecule has 5 nitrogen and oxygen atoms in total. The topological polar surface area (TPSA) is 61.8 Å². The summed E-state index contributed by atoms with van der Waals surface area (Å²) in [5.41, 5.74) is 0. The van der Waals surface area contributed by atoms with E-state index < -0.39 is 11.9 Å². The molecule has 0 aliphatic carbocycles. The summed E-state index contributed by atoms with van der Waals surface area (Å²) in [5.74, 6) is -1.44. The maximum absolute atomic E-state index is 11.0. The fourth-order valence-electron chi connectivity index (χ4n) is 0.663. The van der Waals surface area contributed by atoms with Gasteiger partial charge in [-0.25, -0.2) is 9.59 Å². The van der Waals surface area contributed by atoms with Crippen molar-refractivity contribution in [2.75, 3.05) is 13.2 Å². The predicted octanol–water partition coefficient (Wildman–Crippen LogP) is 1.16. The third-order valence-electron chi connectivity index (χ3n) is 1.16. The number of esters is 2. The lowest BCUT2D eigenvalue weighted by Gasteiger charge is -2.04. The zero-order valence-electron chi connectivity index (χ0n) is 8.82. The summed E-state index contributed by atoms with van der Waals surface area (Å²) in [6.07, 6.45) is 1.92. The van der Waals surface area contributed by atoms with E-state index in [2.05, 4.69) is 16.1 Å². The number of hydrogen-bond acceptors (Lipinski definition) is 5. The lowest BCUT2D eigenvalue weighted by molar-refractivity contribution is -0.141. The monoisotopic (exact) mass is 214 g/mol. The van der Waals surface area contributed by atoms with Gasteiger partial charge in [0.25, 0.3) is 5.95 Å². The lowest BCUT2D eigenvalue weighted by Crippen LogP contribution is -2.05. The summed E-state index contributed by atoms with van der Waals surface area (Å²) in [6.45, 7) is 7.34. The molecule has 0 aliphatic rings. The van der Waals surface area contributed by atoms with Crippen LogP contribution in [0.3, 0.4) is 0 Å². The van der Waals surface area contributed by atoms with E-state index in [1.165, 1.54) is 0 Å². The van der Waals surface area contributed by atoms with Crippen LogP contribution in [-0.4, -0.2) is 25.2 Å². The van der Waals surface area contributed by atoms with Crippen LogP contribution in [-0.2, 0) is 23.8 Å². The molecule has 0 saturated heterocycles. The molecule has 0 bridgehead atoms. The zero-order valence-corrected chi connectivity index (χ0v) is 8.82. The molecule has 0 unspecified atom stereocenters. The van der Waals surface area contributed by atoms with E-state index in [-0.39, 0.29) is 12.6 Å². The Balaban J connectivity index is 3.92. The zero-order chi connectivity index (χ0) is 11.7. The van der Waals surface area contributed by atoms with Crippen molar-refractivity contribution in [3.8, 4) is 0 Å². The fourth-order valence-corrected chi connectivity index (χ4v) is 0.663. The van der Waals surface area contributed by atoms with Crippen LogP contribution in [0.5, 0.6) is 0 Å². The van der Waals surface area contributed by atoms with Crippen LogP contribution >= 0.6 is 0 Å². The highest BCUT2D eigenvalue weighted by Gasteiger charge is 2.02. The highest BCUT2D eigenvalue weighted by molar-refractivity contribution is 5.91. The molecule has 5 heteroatoms. The Morgan fingerprint density at radius 1 is 1.07 bits per heavy atom. The minimum atomic E-state index is -0.735. The van der Waals surface area contributed by atoms with Crippen molar-refractivity contribution in [3.63, 3.8) is 0 Å². The van der Waals surface area contributed by atoms with Gasteiger partial charge in [0.2, 0.25) is 0 Å². The van der Waals surface area contributed by atoms with Crippen LogP contribution in [0.1, 0.15) is 13.8 Å². The van der Waals surface area contributed by atoms with Crippen molar-refractivity contribution in [1.29, 1.82) is 0 Å². The molecule has 0 aliphatic heterocycles. The fraction of sp³-hybridized carbons (Fsp3) is 0.400. The Morgan fingerprint density at radius 2 is 1.60 bits per heavy atom. The van der Waals surface area contributed by atoms with E-state index in [0.717, 1.165) is 12.2 Å². The third kappa shape index (κ3) is 7.30. The molecule has 15 heavy (non-hydrogen) atoms. The molecule has 0 spiro atoms. The average molecular weight is 214 g/mol. The van der Waals surface area contributed by atoms with Crippen molar-refractivity contribution >= 4 is 11.9 Å². The van der Waals surface area contributed by atoms with E-state index in [9.17, 15) is 9.59 Å². The van der Waals surface area contributed by atoms with E-state index >= 15 is 0 Å². The van der Waals surface area contributed by atoms with Gasteiger partial charge in [0.1, 0.15) is 0 Å². The van der Waals surface area contributed by atoms with Crippen molar-refractivity contribution < 1.29 is 23.8 Å². The Labute approximate surface area is 88.3 Å². The molecule has 0 fully saturated rings. The summed E-state index contributed by atoms with van der Waals surface area (Å²) in [4.78, 5) is 21.8. The van der Waals surface area contributed by atoms with E-state index in [0.29, 0.717) is 6.61 Å². The summed E-state index contributed by atoms with van der Waals surface area (Å²) in [7, 11) is 0. The molecular weight excluding hydrogens is 200 g/mol. The standard InChI is InChI=1S/C10H14O5/c1-4-13-8(3)15-10(12)7-6-9(11)14-5-2/h6-7H,3-5H2,1-2H3/b7-6+. The molecule has 0 saturated carbocycles. The van der Waals surface area contributed by atoms with Crippen molar-refractivity contribution in [1.82, 2.24) is 0 Å². The van der Waals surface area contributed by atoms with Gasteiger partial charge in [-0.05, 0) is 20.4 Å². The summed E-state index contributed by atoms with van der Waals surface area (Å²) in [6, 6.07) is 0. The lowest BCUT2D eigenvalue weighted by atomic mass is 10.5. The second kappa shape index (κ2) is 7.61. The van der Waals surface area contributed by atoms with Gasteiger partial charge in [0, 0.05) is 12.2 Å². The maximum atomic E-state index is 11.0. The van der Waals surface area contributed by atoms with Gasteiger partial charge in [-0.15, -0.1) is 0 Å². The Morgan fingerprint density at radius 3 is 2.13 bits per heavy atom. The van der Waals surface area contributed by atoms with Gasteiger partial charge >= 0.3 is 11.9 Å². The molecule has 0 atom stereocenters. The molecule has 0 aromatic rings. The summed E-state index contributed by atoms with van der Waals surface area (Å²) < 4.78 is 13.9. The summed E-state index contributed by atoms with van der Waals surface area (Å²) in [5, 5.41) is 0. The molecule has 0 aromatic heterocycles. The number of hydrogen-bond donors (Lipinski definition) is 0. The van der Waals surface area contributed by atoms with Crippen LogP contribution < -0.4 is 0 Å². The second-order valence-electron chi connectivity index (χ2n) is 2.31. The highest BCUT2D eigenvalue weighted by atomic mass is 16.7. The smallest absolute Gasteiger partial charge is 0.338 e. The first-order valence-electron chi connectivity index (χ1n) is 4.48. The molecule has 0 amide bonds. The highest BCUT2D eigenvalue weighted by Crippen LogP contribution is 1.97. The predicted molar refractivity (Wildman–Crippen MR) is 52.6 cm³/mol. The Hall–Kier alpha value is -1.78. The van der Waals surface area contributed by atoms with Gasteiger partial charge in [-0.3, -0.25) is 0 Å². The maximum Gasteiger partial charge on any atom is 0.338 e. The first kappa shape index (κ1) is 13.2. The van der Waals surface area contributed by atoms with Crippen molar-refractivity contribution in [2.45, 2.75) is 13.8 Å². The first-order chi connectivity index (χ1) is 7.10. The van der Waals surface area contributed by atoms with Gasteiger partial charge in [-0.1, -0.05) is 0 Å². The number of carbonyl (C=O) groups is 2. The van der Waals surface area contributed by atoms with Crippen LogP contribution in [0.15, 0.2) is 24.7 Å². The normalized spacial score (nSPS) is 9.73. The van der Waals surface area contributed by atoms with Gasteiger partial charge < -0.3 is 14.2 Å². The van der Waals surface area contributed by atoms with Crippen molar-refractivity contribution in [3.05, 3.63) is 24.7 Å². The quantitative estimate of drug-likeness (QED) is 0.377. The molecule has 0 aromatic carbocycles. The number of carbonyl (C=O) groups excluding carboxylic acids is 2. The van der Waals surface area contributed by atoms with Gasteiger partial charge in [-0.2, -0.15) is 0 Å². The van der Waals surface area contributed by atoms with Gasteiger partial charge in [0.05, 0.1) is 13.2 Å². The minimum Gasteiger partial charge on any atom is -0.466 e. The Bertz CT molecular complexity index is 267. The summed E-state index contributed by atoms with van der Waals surface area (Å²) >= 11 is 0. The second-order valence-corrected chi connectivity index (χ2v) is 2.31. The number of ether oxygens (including phenoxy) is 3. The SMILES string of the molecule is C=C(OCC)OC(=O)/C=C/C(=O)OCC. The van der Waals surface area contributed by atoms with E-state index in [1.807, 2.05) is 0 Å². The molecular formula is C10H14O5. The van der Waals surface area contributed by atoms with Gasteiger partial charge in [0.15, 0.2) is 0 Å². The van der Waals surface area contributed by atoms with E-state index in [1.54, 1.807) is 13.8 Å². The first-order valence-corrected chi connectivity index (χ1v) is 4.48. The minimum absolute atomic E-state index is 0.101. The van der Waals surface area contributed by atoms with Crippen molar-refractivity contribution in [2.24, 2.45) is 0 Å². The number of rotatable bonds is 6. The molecule has 0 heterocycles. The molecule has 0 N–H and O–H groups in total. The molecule has 0 rings (SSSR count). The molecule has 0 radical (unpaired) electrons. The molecule has 84 valence electrons. The van der Waals surface area contributed by atoms with Crippen LogP contribution in [0, 0.1) is 0 Å².